The quantitative estimate of drug-likeness (QED) is 0.685. The standard InChI is InChI=1S/C11H14INO/c12-10-7-9(13)3-4-11(10)14-6-5-8-1-2-8/h3-4,7-8H,1-2,5-6,13H2. The molecule has 1 aromatic carbocycles. The number of anilines is 1. The molecule has 2 nitrogen and oxygen atoms in total. The minimum Gasteiger partial charge on any atom is -0.492 e. The van der Waals surface area contributed by atoms with Crippen LogP contribution in [0.2, 0.25) is 0 Å². The van der Waals surface area contributed by atoms with E-state index < -0.39 is 0 Å². The normalized spacial score (nSPS) is 15.5. The fraction of sp³-hybridized carbons (Fsp3) is 0.455. The first kappa shape index (κ1) is 10.1. The summed E-state index contributed by atoms with van der Waals surface area (Å²) < 4.78 is 6.78. The van der Waals surface area contributed by atoms with Crippen molar-refractivity contribution in [1.29, 1.82) is 0 Å². The second kappa shape index (κ2) is 4.38. The van der Waals surface area contributed by atoms with Crippen molar-refractivity contribution in [3.63, 3.8) is 0 Å². The van der Waals surface area contributed by atoms with Crippen LogP contribution in [0.4, 0.5) is 5.69 Å². The Balaban J connectivity index is 1.87. The van der Waals surface area contributed by atoms with Crippen molar-refractivity contribution in [3.05, 3.63) is 21.8 Å². The Kier molecular flexibility index (Phi) is 3.15. The van der Waals surface area contributed by atoms with Crippen molar-refractivity contribution in [2.45, 2.75) is 19.3 Å². The second-order valence-corrected chi connectivity index (χ2v) is 4.93. The van der Waals surface area contributed by atoms with E-state index in [4.69, 9.17) is 10.5 Å². The Bertz CT molecular complexity index is 323. The van der Waals surface area contributed by atoms with Gasteiger partial charge in [0, 0.05) is 5.69 Å². The number of nitrogen functional groups attached to an aromatic ring is 1. The van der Waals surface area contributed by atoms with Gasteiger partial charge in [-0.25, -0.2) is 0 Å². The third-order valence-corrected chi connectivity index (χ3v) is 3.28. The highest BCUT2D eigenvalue weighted by Crippen LogP contribution is 2.32. The maximum atomic E-state index is 5.68. The van der Waals surface area contributed by atoms with E-state index in [9.17, 15) is 0 Å². The third kappa shape index (κ3) is 2.77. The van der Waals surface area contributed by atoms with Crippen LogP contribution >= 0.6 is 22.6 Å². The van der Waals surface area contributed by atoms with E-state index in [0.29, 0.717) is 0 Å². The third-order valence-electron chi connectivity index (χ3n) is 2.44. The Morgan fingerprint density at radius 1 is 1.43 bits per heavy atom. The maximum Gasteiger partial charge on any atom is 0.132 e. The van der Waals surface area contributed by atoms with Crippen LogP contribution in [0.25, 0.3) is 0 Å². The monoisotopic (exact) mass is 303 g/mol. The van der Waals surface area contributed by atoms with Gasteiger partial charge in [-0.1, -0.05) is 12.8 Å². The average Bonchev–Trinajstić information content (AvgIpc) is 2.92. The molecule has 1 aliphatic carbocycles. The molecule has 14 heavy (non-hydrogen) atoms. The summed E-state index contributed by atoms with van der Waals surface area (Å²) in [5.74, 6) is 1.89. The summed E-state index contributed by atoms with van der Waals surface area (Å²) in [5.41, 5.74) is 6.45. The summed E-state index contributed by atoms with van der Waals surface area (Å²) in [6.45, 7) is 0.838. The summed E-state index contributed by atoms with van der Waals surface area (Å²) in [6, 6.07) is 5.77. The van der Waals surface area contributed by atoms with E-state index in [1.165, 1.54) is 19.3 Å². The summed E-state index contributed by atoms with van der Waals surface area (Å²) in [6.07, 6.45) is 3.98. The Hall–Kier alpha value is -0.450. The molecule has 2 N–H and O–H groups in total. The number of ether oxygens (including phenoxy) is 1. The summed E-state index contributed by atoms with van der Waals surface area (Å²) in [4.78, 5) is 0. The SMILES string of the molecule is Nc1ccc(OCCC2CC2)c(I)c1. The average molecular weight is 303 g/mol. The fourth-order valence-corrected chi connectivity index (χ4v) is 2.07. The van der Waals surface area contributed by atoms with Gasteiger partial charge in [-0.3, -0.25) is 0 Å². The predicted molar refractivity (Wildman–Crippen MR) is 66.4 cm³/mol. The van der Waals surface area contributed by atoms with Gasteiger partial charge < -0.3 is 10.5 Å². The lowest BCUT2D eigenvalue weighted by Gasteiger charge is -2.07. The van der Waals surface area contributed by atoms with Crippen LogP contribution in [0.1, 0.15) is 19.3 Å². The molecule has 0 spiro atoms. The molecule has 2 rings (SSSR count). The zero-order valence-electron chi connectivity index (χ0n) is 8.00. The van der Waals surface area contributed by atoms with Crippen LogP contribution in [0.15, 0.2) is 18.2 Å². The van der Waals surface area contributed by atoms with Gasteiger partial charge in [0.05, 0.1) is 10.2 Å². The van der Waals surface area contributed by atoms with Crippen LogP contribution in [-0.4, -0.2) is 6.61 Å². The number of halogens is 1. The summed E-state index contributed by atoms with van der Waals surface area (Å²) in [5, 5.41) is 0. The highest BCUT2D eigenvalue weighted by Gasteiger charge is 2.20. The van der Waals surface area contributed by atoms with E-state index in [-0.39, 0.29) is 0 Å². The van der Waals surface area contributed by atoms with Crippen molar-refractivity contribution in [2.24, 2.45) is 5.92 Å². The predicted octanol–water partition coefficient (Wildman–Crippen LogP) is 3.05. The van der Waals surface area contributed by atoms with Crippen LogP contribution in [-0.2, 0) is 0 Å². The lowest BCUT2D eigenvalue weighted by molar-refractivity contribution is 0.300. The van der Waals surface area contributed by atoms with Crippen LogP contribution in [0.3, 0.4) is 0 Å². The molecular formula is C11H14INO. The first-order chi connectivity index (χ1) is 6.75. The number of hydrogen-bond acceptors (Lipinski definition) is 2. The number of rotatable bonds is 4. The first-order valence-electron chi connectivity index (χ1n) is 4.93. The zero-order valence-corrected chi connectivity index (χ0v) is 10.2. The molecule has 0 heterocycles. The molecular weight excluding hydrogens is 289 g/mol. The number of hydrogen-bond donors (Lipinski definition) is 1. The molecule has 0 bridgehead atoms. The molecule has 1 fully saturated rings. The molecule has 76 valence electrons. The molecule has 0 atom stereocenters. The van der Waals surface area contributed by atoms with Gasteiger partial charge >= 0.3 is 0 Å². The Morgan fingerprint density at radius 2 is 2.21 bits per heavy atom. The number of benzene rings is 1. The molecule has 0 amide bonds. The summed E-state index contributed by atoms with van der Waals surface area (Å²) >= 11 is 2.25. The maximum absolute atomic E-state index is 5.68. The number of nitrogens with two attached hydrogens (primary N) is 1. The van der Waals surface area contributed by atoms with Gasteiger partial charge in [0.15, 0.2) is 0 Å². The van der Waals surface area contributed by atoms with E-state index >= 15 is 0 Å². The van der Waals surface area contributed by atoms with Crippen LogP contribution in [0, 0.1) is 9.49 Å². The minimum absolute atomic E-state index is 0.795. The largest absolute Gasteiger partial charge is 0.492 e. The van der Waals surface area contributed by atoms with Crippen LogP contribution < -0.4 is 10.5 Å². The highest BCUT2D eigenvalue weighted by atomic mass is 127. The van der Waals surface area contributed by atoms with Crippen molar-refractivity contribution in [1.82, 2.24) is 0 Å². The van der Waals surface area contributed by atoms with Gasteiger partial charge in [-0.05, 0) is 53.1 Å². The van der Waals surface area contributed by atoms with Crippen LogP contribution in [0.5, 0.6) is 5.75 Å². The van der Waals surface area contributed by atoms with E-state index in [1.54, 1.807) is 0 Å². The van der Waals surface area contributed by atoms with Gasteiger partial charge in [-0.2, -0.15) is 0 Å². The molecule has 0 aromatic heterocycles. The molecule has 1 aliphatic rings. The van der Waals surface area contributed by atoms with Crippen molar-refractivity contribution in [2.75, 3.05) is 12.3 Å². The van der Waals surface area contributed by atoms with E-state index in [0.717, 1.165) is 27.5 Å². The second-order valence-electron chi connectivity index (χ2n) is 3.77. The lowest BCUT2D eigenvalue weighted by Crippen LogP contribution is -2.00. The van der Waals surface area contributed by atoms with Gasteiger partial charge in [0.1, 0.15) is 5.75 Å². The molecule has 0 unspecified atom stereocenters. The molecule has 1 saturated carbocycles. The van der Waals surface area contributed by atoms with Crippen molar-refractivity contribution >= 4 is 28.3 Å². The molecule has 0 saturated heterocycles. The molecule has 3 heteroatoms. The van der Waals surface area contributed by atoms with Crippen molar-refractivity contribution < 1.29 is 4.74 Å². The molecule has 0 radical (unpaired) electrons. The fourth-order valence-electron chi connectivity index (χ4n) is 1.38. The smallest absolute Gasteiger partial charge is 0.132 e. The Morgan fingerprint density at radius 3 is 2.86 bits per heavy atom. The lowest BCUT2D eigenvalue weighted by atomic mass is 10.3. The topological polar surface area (TPSA) is 35.2 Å². The summed E-state index contributed by atoms with van der Waals surface area (Å²) in [7, 11) is 0. The highest BCUT2D eigenvalue weighted by molar-refractivity contribution is 14.1. The van der Waals surface area contributed by atoms with Gasteiger partial charge in [-0.15, -0.1) is 0 Å². The minimum atomic E-state index is 0.795. The Labute approximate surface area is 98.0 Å². The van der Waals surface area contributed by atoms with E-state index in [2.05, 4.69) is 22.6 Å². The van der Waals surface area contributed by atoms with E-state index in [1.807, 2.05) is 18.2 Å². The van der Waals surface area contributed by atoms with Gasteiger partial charge in [0.2, 0.25) is 0 Å². The first-order valence-corrected chi connectivity index (χ1v) is 6.01. The molecule has 1 aromatic rings. The zero-order chi connectivity index (χ0) is 9.97. The van der Waals surface area contributed by atoms with Crippen molar-refractivity contribution in [3.8, 4) is 5.75 Å². The van der Waals surface area contributed by atoms with Gasteiger partial charge in [0.25, 0.3) is 0 Å². The molecule has 0 aliphatic heterocycles.